The lowest BCUT2D eigenvalue weighted by Gasteiger charge is -3.13. The molecule has 0 N–H and O–H groups in total. The molecule has 0 heterocycles. The Labute approximate surface area is 98.2 Å². The molecule has 6 aliphatic rings. The molecule has 6 fully saturated rings. The topological polar surface area (TPSA) is 0 Å². The predicted octanol–water partition coefficient (Wildman–Crippen LogP) is 3.57. The van der Waals surface area contributed by atoms with Gasteiger partial charge in [-0.15, -0.1) is 0 Å². The van der Waals surface area contributed by atoms with Crippen LogP contribution >= 0.6 is 0 Å². The van der Waals surface area contributed by atoms with E-state index in [0.29, 0.717) is 0 Å². The standard InChI is InChI=1S/C16H22/c1-7-11-12-8(2)14(4)6-10-9-5-13(7,3)15(9,11)16(10,12)14/h7-12H,5-6H2,1-4H3. The van der Waals surface area contributed by atoms with Crippen molar-refractivity contribution in [3.05, 3.63) is 0 Å². The second kappa shape index (κ2) is 1.52. The zero-order valence-electron chi connectivity index (χ0n) is 10.9. The molecule has 6 saturated carbocycles. The largest absolute Gasteiger partial charge is 0.0617 e. The molecular formula is C16H22. The Hall–Kier alpha value is 0. The average Bonchev–Trinajstić information content (AvgIpc) is 2.19. The Morgan fingerprint density at radius 2 is 1.12 bits per heavy atom. The highest BCUT2D eigenvalue weighted by Gasteiger charge is 3.09. The fourth-order valence-electron chi connectivity index (χ4n) is 9.95. The van der Waals surface area contributed by atoms with E-state index in [4.69, 9.17) is 0 Å². The maximum absolute atomic E-state index is 2.65. The molecule has 0 nitrogen and oxygen atoms in total. The van der Waals surface area contributed by atoms with E-state index in [-0.39, 0.29) is 0 Å². The zero-order valence-corrected chi connectivity index (χ0v) is 10.9. The van der Waals surface area contributed by atoms with Crippen LogP contribution in [0.25, 0.3) is 0 Å². The van der Waals surface area contributed by atoms with Crippen LogP contribution < -0.4 is 0 Å². The summed E-state index contributed by atoms with van der Waals surface area (Å²) in [6.07, 6.45) is 3.21. The summed E-state index contributed by atoms with van der Waals surface area (Å²) < 4.78 is 0. The van der Waals surface area contributed by atoms with E-state index in [1.807, 2.05) is 0 Å². The first-order chi connectivity index (χ1) is 7.49. The van der Waals surface area contributed by atoms with Gasteiger partial charge in [0, 0.05) is 0 Å². The smallest absolute Gasteiger partial charge is 0.0108 e. The molecule has 0 aliphatic heterocycles. The van der Waals surface area contributed by atoms with Gasteiger partial charge in [0.2, 0.25) is 0 Å². The van der Waals surface area contributed by atoms with E-state index in [1.54, 1.807) is 12.8 Å². The highest BCUT2D eigenvalue weighted by atomic mass is 15.1. The number of hydrogen-bond donors (Lipinski definition) is 0. The molecule has 0 aromatic rings. The van der Waals surface area contributed by atoms with E-state index in [0.717, 1.165) is 33.5 Å². The molecule has 0 amide bonds. The van der Waals surface area contributed by atoms with Crippen LogP contribution in [0.1, 0.15) is 40.5 Å². The molecule has 0 aromatic carbocycles. The number of hydrogen-bond acceptors (Lipinski definition) is 0. The van der Waals surface area contributed by atoms with Gasteiger partial charge in [0.05, 0.1) is 0 Å². The summed E-state index contributed by atoms with van der Waals surface area (Å²) in [5.41, 5.74) is 3.46. The van der Waals surface area contributed by atoms with Crippen LogP contribution in [0.2, 0.25) is 0 Å². The average molecular weight is 214 g/mol. The van der Waals surface area contributed by atoms with E-state index in [1.165, 1.54) is 23.7 Å². The van der Waals surface area contributed by atoms with Gasteiger partial charge in [-0.1, -0.05) is 27.7 Å². The third-order valence-electron chi connectivity index (χ3n) is 10.0. The first-order valence-corrected chi connectivity index (χ1v) is 7.49. The lowest BCUT2D eigenvalue weighted by molar-refractivity contribution is -0.665. The Bertz CT molecular complexity index is 436. The molecule has 2 spiro atoms. The molecule has 0 aromatic heterocycles. The molecule has 10 unspecified atom stereocenters. The molecule has 0 saturated heterocycles. The van der Waals surface area contributed by atoms with Gasteiger partial charge in [-0.25, -0.2) is 0 Å². The zero-order chi connectivity index (χ0) is 10.9. The van der Waals surface area contributed by atoms with Crippen molar-refractivity contribution in [2.75, 3.05) is 0 Å². The Morgan fingerprint density at radius 3 is 1.50 bits per heavy atom. The van der Waals surface area contributed by atoms with E-state index in [9.17, 15) is 0 Å². The molecule has 6 aliphatic carbocycles. The first-order valence-electron chi connectivity index (χ1n) is 7.49. The van der Waals surface area contributed by atoms with Crippen molar-refractivity contribution >= 4 is 0 Å². The van der Waals surface area contributed by atoms with Gasteiger partial charge in [-0.3, -0.25) is 0 Å². The first kappa shape index (κ1) is 8.16. The van der Waals surface area contributed by atoms with Gasteiger partial charge in [0.25, 0.3) is 0 Å². The molecule has 16 heavy (non-hydrogen) atoms. The van der Waals surface area contributed by atoms with Gasteiger partial charge < -0.3 is 0 Å². The lowest BCUT2D eigenvalue weighted by Crippen LogP contribution is -3.09. The second-order valence-corrected chi connectivity index (χ2v) is 8.82. The predicted molar refractivity (Wildman–Crippen MR) is 62.6 cm³/mol. The van der Waals surface area contributed by atoms with Crippen molar-refractivity contribution in [2.45, 2.75) is 40.5 Å². The molecule has 0 bridgehead atoms. The van der Waals surface area contributed by atoms with Gasteiger partial charge >= 0.3 is 0 Å². The van der Waals surface area contributed by atoms with Gasteiger partial charge in [-0.2, -0.15) is 0 Å². The molecule has 0 heteroatoms. The maximum atomic E-state index is 2.65. The van der Waals surface area contributed by atoms with Crippen molar-refractivity contribution in [3.63, 3.8) is 0 Å². The summed E-state index contributed by atoms with van der Waals surface area (Å²) in [6, 6.07) is 0. The van der Waals surface area contributed by atoms with Crippen molar-refractivity contribution in [1.29, 1.82) is 0 Å². The lowest BCUT2D eigenvalue weighted by atomic mass is 8.91. The minimum absolute atomic E-state index is 0.803. The van der Waals surface area contributed by atoms with Gasteiger partial charge in [0.15, 0.2) is 0 Å². The molecule has 6 rings (SSSR count). The van der Waals surface area contributed by atoms with Gasteiger partial charge in [0.1, 0.15) is 0 Å². The minimum atomic E-state index is 0.803. The van der Waals surface area contributed by atoms with Crippen molar-refractivity contribution < 1.29 is 0 Å². The molecule has 86 valence electrons. The summed E-state index contributed by atoms with van der Waals surface area (Å²) in [5.74, 6) is 6.89. The third kappa shape index (κ3) is 0.299. The van der Waals surface area contributed by atoms with Crippen molar-refractivity contribution in [1.82, 2.24) is 0 Å². The Morgan fingerprint density at radius 1 is 0.750 bits per heavy atom. The summed E-state index contributed by atoms with van der Waals surface area (Å²) in [4.78, 5) is 0. The highest BCUT2D eigenvalue weighted by Crippen LogP contribution is 3.13. The van der Waals surface area contributed by atoms with Crippen LogP contribution in [0.15, 0.2) is 0 Å². The van der Waals surface area contributed by atoms with Gasteiger partial charge in [-0.05, 0) is 70.0 Å². The number of rotatable bonds is 0. The van der Waals surface area contributed by atoms with Crippen LogP contribution in [0.3, 0.4) is 0 Å². The highest BCUT2D eigenvalue weighted by molar-refractivity contribution is 5.56. The quantitative estimate of drug-likeness (QED) is 0.578. The minimum Gasteiger partial charge on any atom is -0.0617 e. The van der Waals surface area contributed by atoms with E-state index < -0.39 is 0 Å². The summed E-state index contributed by atoms with van der Waals surface area (Å²) in [7, 11) is 0. The molecule has 10 atom stereocenters. The van der Waals surface area contributed by atoms with Crippen LogP contribution in [0.5, 0.6) is 0 Å². The molecular weight excluding hydrogens is 192 g/mol. The summed E-state index contributed by atoms with van der Waals surface area (Å²) in [6.45, 7) is 10.4. The normalized spacial score (nSPS) is 92.2. The number of fused-ring (bicyclic) bond motifs is 2. The Kier molecular flexibility index (Phi) is 0.775. The monoisotopic (exact) mass is 214 g/mol. The third-order valence-corrected chi connectivity index (χ3v) is 10.0. The SMILES string of the molecule is CC1C2C3C(C)C4(C)CC5C6CC1(C)C62C534. The summed E-state index contributed by atoms with van der Waals surface area (Å²) >= 11 is 0. The van der Waals surface area contributed by atoms with Crippen LogP contribution in [0.4, 0.5) is 0 Å². The maximum Gasteiger partial charge on any atom is -0.0108 e. The van der Waals surface area contributed by atoms with Crippen molar-refractivity contribution in [2.24, 2.45) is 57.2 Å². The molecule has 0 radical (unpaired) electrons. The van der Waals surface area contributed by atoms with Crippen molar-refractivity contribution in [3.8, 4) is 0 Å². The summed E-state index contributed by atoms with van der Waals surface area (Å²) in [5, 5.41) is 0. The fourth-order valence-corrected chi connectivity index (χ4v) is 9.95. The van der Waals surface area contributed by atoms with Crippen LogP contribution in [0, 0.1) is 57.2 Å². The van der Waals surface area contributed by atoms with Crippen LogP contribution in [-0.4, -0.2) is 0 Å². The Balaban J connectivity index is 1.62. The van der Waals surface area contributed by atoms with Crippen LogP contribution in [-0.2, 0) is 0 Å². The van der Waals surface area contributed by atoms with E-state index >= 15 is 0 Å². The second-order valence-electron chi connectivity index (χ2n) is 8.82. The van der Waals surface area contributed by atoms with E-state index in [2.05, 4.69) is 27.7 Å². The fraction of sp³-hybridized carbons (Fsp3) is 1.00.